The third kappa shape index (κ3) is 3.69. The molecule has 0 aliphatic carbocycles. The van der Waals surface area contributed by atoms with E-state index >= 15 is 0 Å². The zero-order valence-corrected chi connectivity index (χ0v) is 9.82. The van der Waals surface area contributed by atoms with Crippen LogP contribution in [0.1, 0.15) is 20.8 Å². The van der Waals surface area contributed by atoms with E-state index in [9.17, 15) is 0 Å². The fourth-order valence-electron chi connectivity index (χ4n) is 1.35. The minimum absolute atomic E-state index is 0.214. The van der Waals surface area contributed by atoms with Gasteiger partial charge in [-0.15, -0.1) is 0 Å². The molecule has 0 radical (unpaired) electrons. The Morgan fingerprint density at radius 2 is 2.08 bits per heavy atom. The van der Waals surface area contributed by atoms with Crippen molar-refractivity contribution in [2.24, 2.45) is 10.4 Å². The lowest BCUT2D eigenvalue weighted by Crippen LogP contribution is -2.20. The molecule has 3 heteroatoms. The van der Waals surface area contributed by atoms with Gasteiger partial charge in [-0.1, -0.05) is 20.8 Å². The van der Waals surface area contributed by atoms with Gasteiger partial charge in [-0.25, -0.2) is 0 Å². The van der Waals surface area contributed by atoms with E-state index in [4.69, 9.17) is 0 Å². The highest BCUT2D eigenvalue weighted by molar-refractivity contribution is 7.99. The van der Waals surface area contributed by atoms with Crippen LogP contribution >= 0.6 is 11.8 Å². The molecule has 2 nitrogen and oxygen atoms in total. The number of hydrogen-bond donors (Lipinski definition) is 1. The van der Waals surface area contributed by atoms with Gasteiger partial charge < -0.3 is 5.32 Å². The maximum absolute atomic E-state index is 4.64. The average Bonchev–Trinajstić information content (AvgIpc) is 2.46. The van der Waals surface area contributed by atoms with Crippen molar-refractivity contribution in [3.05, 3.63) is 0 Å². The van der Waals surface area contributed by atoms with Crippen LogP contribution in [0.3, 0.4) is 0 Å². The molecular formula is C10H20N2S. The Balaban J connectivity index is 2.48. The molecule has 13 heavy (non-hydrogen) atoms. The van der Waals surface area contributed by atoms with Gasteiger partial charge >= 0.3 is 0 Å². The number of nitrogens with one attached hydrogen (secondary N) is 1. The van der Waals surface area contributed by atoms with Crippen LogP contribution in [-0.2, 0) is 0 Å². The Hall–Kier alpha value is -0.0200. The summed E-state index contributed by atoms with van der Waals surface area (Å²) in [4.78, 5) is 4.64. The summed E-state index contributed by atoms with van der Waals surface area (Å²) in [5.74, 6) is 0. The molecule has 1 aliphatic rings. The van der Waals surface area contributed by atoms with E-state index < -0.39 is 0 Å². The standard InChI is InChI=1S/C10H20N2S/c1-10(2,3)7-12-8-5-11-6-9(8)13-4/h7-9,11H,5-6H2,1-4H3/b12-7+/t8-,9-/m0/s1. The molecule has 76 valence electrons. The van der Waals surface area contributed by atoms with E-state index in [2.05, 4.69) is 43.6 Å². The lowest BCUT2D eigenvalue weighted by Gasteiger charge is -2.15. The van der Waals surface area contributed by atoms with Crippen LogP contribution in [0.15, 0.2) is 4.99 Å². The second-order valence-electron chi connectivity index (χ2n) is 4.64. The zero-order chi connectivity index (χ0) is 9.90. The molecule has 0 bridgehead atoms. The summed E-state index contributed by atoms with van der Waals surface area (Å²) < 4.78 is 0. The number of thioether (sulfide) groups is 1. The highest BCUT2D eigenvalue weighted by atomic mass is 32.2. The molecule has 2 atom stereocenters. The van der Waals surface area contributed by atoms with Crippen molar-refractivity contribution in [1.82, 2.24) is 5.32 Å². The van der Waals surface area contributed by atoms with E-state index in [1.165, 1.54) is 0 Å². The van der Waals surface area contributed by atoms with Crippen molar-refractivity contribution in [2.75, 3.05) is 19.3 Å². The highest BCUT2D eigenvalue weighted by Crippen LogP contribution is 2.18. The predicted octanol–water partition coefficient (Wildman–Crippen LogP) is 1.81. The quantitative estimate of drug-likeness (QED) is 0.688. The van der Waals surface area contributed by atoms with Crippen LogP contribution in [0.25, 0.3) is 0 Å². The molecule has 1 aliphatic heterocycles. The van der Waals surface area contributed by atoms with Crippen molar-refractivity contribution >= 4 is 18.0 Å². The van der Waals surface area contributed by atoms with Crippen LogP contribution in [-0.4, -0.2) is 36.9 Å². The summed E-state index contributed by atoms with van der Waals surface area (Å²) in [5, 5.41) is 4.04. The fraction of sp³-hybridized carbons (Fsp3) is 0.900. The number of nitrogens with zero attached hydrogens (tertiary/aromatic N) is 1. The van der Waals surface area contributed by atoms with Gasteiger partial charge in [0, 0.05) is 24.6 Å². The third-order valence-corrected chi connectivity index (χ3v) is 3.17. The topological polar surface area (TPSA) is 24.4 Å². The number of aliphatic imine (C=N–C) groups is 1. The number of rotatable bonds is 2. The van der Waals surface area contributed by atoms with Gasteiger partial charge in [-0.2, -0.15) is 11.8 Å². The first kappa shape index (κ1) is 11.1. The molecule has 0 aromatic carbocycles. The largest absolute Gasteiger partial charge is 0.313 e. The third-order valence-electron chi connectivity index (χ3n) is 2.08. The first-order valence-corrected chi connectivity index (χ1v) is 6.09. The average molecular weight is 200 g/mol. The second-order valence-corrected chi connectivity index (χ2v) is 5.72. The van der Waals surface area contributed by atoms with Gasteiger partial charge in [0.1, 0.15) is 0 Å². The van der Waals surface area contributed by atoms with Gasteiger partial charge in [0.15, 0.2) is 0 Å². The molecule has 1 N–H and O–H groups in total. The maximum Gasteiger partial charge on any atom is 0.0750 e. The lowest BCUT2D eigenvalue weighted by atomic mass is 9.99. The Kier molecular flexibility index (Phi) is 3.80. The summed E-state index contributed by atoms with van der Waals surface area (Å²) in [6.45, 7) is 8.71. The predicted molar refractivity (Wildman–Crippen MR) is 61.9 cm³/mol. The number of hydrogen-bond acceptors (Lipinski definition) is 3. The van der Waals surface area contributed by atoms with E-state index in [0.717, 1.165) is 13.1 Å². The Morgan fingerprint density at radius 3 is 2.62 bits per heavy atom. The zero-order valence-electron chi connectivity index (χ0n) is 9.00. The molecular weight excluding hydrogens is 180 g/mol. The summed E-state index contributed by atoms with van der Waals surface area (Å²) in [6, 6.07) is 0.481. The monoisotopic (exact) mass is 200 g/mol. The van der Waals surface area contributed by atoms with Gasteiger partial charge in [0.05, 0.1) is 6.04 Å². The molecule has 1 heterocycles. The van der Waals surface area contributed by atoms with Gasteiger partial charge in [0.25, 0.3) is 0 Å². The molecule has 1 fully saturated rings. The van der Waals surface area contributed by atoms with Crippen molar-refractivity contribution in [3.8, 4) is 0 Å². The first-order chi connectivity index (χ1) is 6.03. The van der Waals surface area contributed by atoms with Crippen molar-refractivity contribution < 1.29 is 0 Å². The molecule has 0 aromatic rings. The van der Waals surface area contributed by atoms with E-state index in [0.29, 0.717) is 11.3 Å². The summed E-state index contributed by atoms with van der Waals surface area (Å²) in [5.41, 5.74) is 0.214. The van der Waals surface area contributed by atoms with E-state index in [1.54, 1.807) is 0 Å². The van der Waals surface area contributed by atoms with E-state index in [1.807, 2.05) is 11.8 Å². The Labute approximate surface area is 85.6 Å². The highest BCUT2D eigenvalue weighted by Gasteiger charge is 2.25. The summed E-state index contributed by atoms with van der Waals surface area (Å²) in [7, 11) is 0. The second kappa shape index (κ2) is 4.47. The molecule has 0 spiro atoms. The van der Waals surface area contributed by atoms with Crippen molar-refractivity contribution in [2.45, 2.75) is 32.1 Å². The Morgan fingerprint density at radius 1 is 1.38 bits per heavy atom. The minimum atomic E-state index is 0.214. The molecule has 1 rings (SSSR count). The lowest BCUT2D eigenvalue weighted by molar-refractivity contribution is 0.597. The summed E-state index contributed by atoms with van der Waals surface area (Å²) in [6.07, 6.45) is 4.26. The van der Waals surface area contributed by atoms with Crippen LogP contribution in [0.5, 0.6) is 0 Å². The van der Waals surface area contributed by atoms with Crippen LogP contribution in [0.2, 0.25) is 0 Å². The fourth-order valence-corrected chi connectivity index (χ4v) is 2.11. The SMILES string of the molecule is CS[C@H]1CNC[C@@H]1/N=C/C(C)(C)C. The van der Waals surface area contributed by atoms with Gasteiger partial charge in [-0.3, -0.25) is 4.99 Å². The van der Waals surface area contributed by atoms with Crippen LogP contribution in [0.4, 0.5) is 0 Å². The van der Waals surface area contributed by atoms with Crippen molar-refractivity contribution in [1.29, 1.82) is 0 Å². The Bertz CT molecular complexity index is 184. The summed E-state index contributed by atoms with van der Waals surface area (Å²) >= 11 is 1.91. The minimum Gasteiger partial charge on any atom is -0.313 e. The van der Waals surface area contributed by atoms with Crippen LogP contribution in [0, 0.1) is 5.41 Å². The maximum atomic E-state index is 4.64. The van der Waals surface area contributed by atoms with Crippen LogP contribution < -0.4 is 5.32 Å². The smallest absolute Gasteiger partial charge is 0.0750 e. The molecule has 0 saturated carbocycles. The normalized spacial score (nSPS) is 30.2. The molecule has 0 aromatic heterocycles. The molecule has 0 amide bonds. The molecule has 0 unspecified atom stereocenters. The van der Waals surface area contributed by atoms with Gasteiger partial charge in [-0.05, 0) is 11.7 Å². The van der Waals surface area contributed by atoms with Gasteiger partial charge in [0.2, 0.25) is 0 Å². The van der Waals surface area contributed by atoms with E-state index in [-0.39, 0.29) is 5.41 Å². The first-order valence-electron chi connectivity index (χ1n) is 4.81. The molecule has 1 saturated heterocycles. The van der Waals surface area contributed by atoms with Crippen molar-refractivity contribution in [3.63, 3.8) is 0 Å².